The van der Waals surface area contributed by atoms with Crippen LogP contribution in [0.1, 0.15) is 29.5 Å². The van der Waals surface area contributed by atoms with E-state index < -0.39 is 6.04 Å². The van der Waals surface area contributed by atoms with Gasteiger partial charge < -0.3 is 14.5 Å². The molecule has 0 N–H and O–H groups in total. The highest BCUT2D eigenvalue weighted by atomic mass is 16.5. The number of ether oxygens (including phenoxy) is 1. The lowest BCUT2D eigenvalue weighted by Crippen LogP contribution is -2.53. The van der Waals surface area contributed by atoms with Crippen molar-refractivity contribution in [3.05, 3.63) is 65.2 Å². The van der Waals surface area contributed by atoms with E-state index in [0.29, 0.717) is 13.0 Å². The number of methoxy groups -OCH3 is 1. The quantitative estimate of drug-likeness (QED) is 0.822. The minimum atomic E-state index is -0.404. The zero-order valence-electron chi connectivity index (χ0n) is 16.3. The van der Waals surface area contributed by atoms with Crippen molar-refractivity contribution in [3.63, 3.8) is 0 Å². The first-order valence-corrected chi connectivity index (χ1v) is 9.93. The number of likely N-dealkylation sites (tertiary alicyclic amines) is 1. The van der Waals surface area contributed by atoms with E-state index in [1.807, 2.05) is 41.3 Å². The first-order valence-electron chi connectivity index (χ1n) is 9.93. The van der Waals surface area contributed by atoms with Gasteiger partial charge in [0.15, 0.2) is 0 Å². The van der Waals surface area contributed by atoms with Crippen LogP contribution >= 0.6 is 0 Å². The lowest BCUT2D eigenvalue weighted by atomic mass is 9.92. The third kappa shape index (κ3) is 3.75. The van der Waals surface area contributed by atoms with Gasteiger partial charge in [-0.15, -0.1) is 0 Å². The minimum Gasteiger partial charge on any atom is -0.497 e. The Morgan fingerprint density at radius 1 is 1.00 bits per heavy atom. The lowest BCUT2D eigenvalue weighted by Gasteiger charge is -2.38. The van der Waals surface area contributed by atoms with Gasteiger partial charge in [-0.25, -0.2) is 0 Å². The summed E-state index contributed by atoms with van der Waals surface area (Å²) in [7, 11) is 1.62. The molecule has 2 aromatic carbocycles. The normalized spacial score (nSPS) is 18.7. The van der Waals surface area contributed by atoms with Gasteiger partial charge in [-0.2, -0.15) is 0 Å². The van der Waals surface area contributed by atoms with E-state index in [9.17, 15) is 9.59 Å². The number of carbonyl (C=O) groups excluding carboxylic acids is 2. The van der Waals surface area contributed by atoms with Crippen molar-refractivity contribution >= 4 is 11.8 Å². The Morgan fingerprint density at radius 2 is 1.68 bits per heavy atom. The van der Waals surface area contributed by atoms with E-state index >= 15 is 0 Å². The van der Waals surface area contributed by atoms with Crippen LogP contribution in [0, 0.1) is 0 Å². The molecule has 0 radical (unpaired) electrons. The van der Waals surface area contributed by atoms with Crippen LogP contribution in [-0.2, 0) is 29.0 Å². The van der Waals surface area contributed by atoms with Crippen LogP contribution < -0.4 is 4.74 Å². The second-order valence-corrected chi connectivity index (χ2v) is 7.57. The number of amides is 2. The maximum Gasteiger partial charge on any atom is 0.245 e. The van der Waals surface area contributed by atoms with Crippen LogP contribution in [-0.4, -0.2) is 47.9 Å². The second kappa shape index (κ2) is 8.05. The predicted molar refractivity (Wildman–Crippen MR) is 107 cm³/mol. The summed E-state index contributed by atoms with van der Waals surface area (Å²) in [6.07, 6.45) is 2.99. The smallest absolute Gasteiger partial charge is 0.245 e. The van der Waals surface area contributed by atoms with Gasteiger partial charge in [-0.3, -0.25) is 9.59 Å². The molecule has 28 heavy (non-hydrogen) atoms. The Bertz CT molecular complexity index is 856. The molecule has 146 valence electrons. The van der Waals surface area contributed by atoms with Crippen LogP contribution in [0.3, 0.4) is 0 Å². The largest absolute Gasteiger partial charge is 0.497 e. The van der Waals surface area contributed by atoms with Crippen LogP contribution in [0.25, 0.3) is 0 Å². The number of fused-ring (bicyclic) bond motifs is 1. The third-order valence-electron chi connectivity index (χ3n) is 5.79. The van der Waals surface area contributed by atoms with Crippen molar-refractivity contribution < 1.29 is 14.3 Å². The number of benzene rings is 2. The molecule has 0 unspecified atom stereocenters. The van der Waals surface area contributed by atoms with Gasteiger partial charge in [-0.05, 0) is 41.7 Å². The fraction of sp³-hybridized carbons (Fsp3) is 0.391. The molecule has 2 aliphatic heterocycles. The van der Waals surface area contributed by atoms with E-state index in [1.165, 1.54) is 5.56 Å². The van der Waals surface area contributed by atoms with Gasteiger partial charge in [0.1, 0.15) is 11.8 Å². The number of carbonyl (C=O) groups is 2. The number of nitrogens with zero attached hydrogens (tertiary/aromatic N) is 2. The Morgan fingerprint density at radius 3 is 2.36 bits per heavy atom. The number of rotatable bonds is 4. The van der Waals surface area contributed by atoms with Crippen LogP contribution in [0.4, 0.5) is 0 Å². The van der Waals surface area contributed by atoms with Crippen LogP contribution in [0.15, 0.2) is 48.5 Å². The Kier molecular flexibility index (Phi) is 5.33. The molecule has 1 saturated heterocycles. The molecule has 0 aliphatic carbocycles. The molecule has 2 aliphatic rings. The molecular formula is C23H26N2O3. The maximum atomic E-state index is 13.2. The summed E-state index contributed by atoms with van der Waals surface area (Å²) < 4.78 is 5.19. The standard InChI is InChI=1S/C23H26N2O3/c1-28-20-10-8-17(9-11-20)14-22(26)25-16-19-7-3-2-6-18(19)15-21(25)23(27)24-12-4-5-13-24/h2-3,6-11,21H,4-5,12-16H2,1H3/t21-/m1/s1. The average molecular weight is 378 g/mol. The third-order valence-corrected chi connectivity index (χ3v) is 5.79. The van der Waals surface area contributed by atoms with Gasteiger partial charge in [0, 0.05) is 26.1 Å². The van der Waals surface area contributed by atoms with Crippen molar-refractivity contribution in [2.24, 2.45) is 0 Å². The highest BCUT2D eigenvalue weighted by molar-refractivity contribution is 5.89. The molecular weight excluding hydrogens is 352 g/mol. The predicted octanol–water partition coefficient (Wildman–Crippen LogP) is 2.81. The molecule has 1 fully saturated rings. The lowest BCUT2D eigenvalue weighted by molar-refractivity contribution is -0.146. The van der Waals surface area contributed by atoms with Gasteiger partial charge in [-0.1, -0.05) is 36.4 Å². The molecule has 0 spiro atoms. The fourth-order valence-corrected chi connectivity index (χ4v) is 4.17. The summed E-state index contributed by atoms with van der Waals surface area (Å²) in [5, 5.41) is 0. The van der Waals surface area contributed by atoms with Crippen LogP contribution in [0.5, 0.6) is 5.75 Å². The Labute approximate surface area is 165 Å². The molecule has 0 bridgehead atoms. The van der Waals surface area contributed by atoms with Gasteiger partial charge in [0.05, 0.1) is 13.5 Å². The second-order valence-electron chi connectivity index (χ2n) is 7.57. The van der Waals surface area contributed by atoms with E-state index in [2.05, 4.69) is 12.1 Å². The van der Waals surface area contributed by atoms with E-state index in [0.717, 1.165) is 42.8 Å². The molecule has 2 heterocycles. The SMILES string of the molecule is COc1ccc(CC(=O)N2Cc3ccccc3C[C@@H]2C(=O)N2CCCC2)cc1. The molecule has 5 heteroatoms. The fourth-order valence-electron chi connectivity index (χ4n) is 4.17. The highest BCUT2D eigenvalue weighted by Gasteiger charge is 2.37. The number of hydrogen-bond acceptors (Lipinski definition) is 3. The maximum absolute atomic E-state index is 13.2. The molecule has 2 amide bonds. The zero-order valence-corrected chi connectivity index (χ0v) is 16.3. The highest BCUT2D eigenvalue weighted by Crippen LogP contribution is 2.26. The minimum absolute atomic E-state index is 0.00258. The molecule has 2 aromatic rings. The van der Waals surface area contributed by atoms with Crippen molar-refractivity contribution in [1.29, 1.82) is 0 Å². The average Bonchev–Trinajstić information content (AvgIpc) is 3.27. The summed E-state index contributed by atoms with van der Waals surface area (Å²) in [5.41, 5.74) is 3.24. The van der Waals surface area contributed by atoms with E-state index in [-0.39, 0.29) is 18.2 Å². The summed E-state index contributed by atoms with van der Waals surface area (Å²) in [4.78, 5) is 30.1. The first kappa shape index (κ1) is 18.5. The van der Waals surface area contributed by atoms with E-state index in [4.69, 9.17) is 4.74 Å². The van der Waals surface area contributed by atoms with Gasteiger partial charge in [0.25, 0.3) is 0 Å². The molecule has 0 saturated carbocycles. The molecule has 1 atom stereocenters. The van der Waals surface area contributed by atoms with Crippen LogP contribution in [0.2, 0.25) is 0 Å². The van der Waals surface area contributed by atoms with E-state index in [1.54, 1.807) is 12.0 Å². The Balaban J connectivity index is 1.57. The summed E-state index contributed by atoms with van der Waals surface area (Å²) in [5.74, 6) is 0.859. The summed E-state index contributed by atoms with van der Waals surface area (Å²) in [6.45, 7) is 2.10. The zero-order chi connectivity index (χ0) is 19.5. The van der Waals surface area contributed by atoms with Gasteiger partial charge >= 0.3 is 0 Å². The first-order chi connectivity index (χ1) is 13.7. The van der Waals surface area contributed by atoms with Crippen molar-refractivity contribution in [2.75, 3.05) is 20.2 Å². The van der Waals surface area contributed by atoms with Crippen molar-refractivity contribution in [2.45, 2.75) is 38.3 Å². The van der Waals surface area contributed by atoms with Crippen molar-refractivity contribution in [1.82, 2.24) is 9.80 Å². The summed E-state index contributed by atoms with van der Waals surface area (Å²) >= 11 is 0. The summed E-state index contributed by atoms with van der Waals surface area (Å²) in [6, 6.07) is 15.3. The topological polar surface area (TPSA) is 49.9 Å². The number of hydrogen-bond donors (Lipinski definition) is 0. The van der Waals surface area contributed by atoms with Crippen molar-refractivity contribution in [3.8, 4) is 5.75 Å². The molecule has 0 aromatic heterocycles. The molecule has 4 rings (SSSR count). The van der Waals surface area contributed by atoms with Gasteiger partial charge in [0.2, 0.25) is 11.8 Å². The Hall–Kier alpha value is -2.82. The molecule has 5 nitrogen and oxygen atoms in total. The monoisotopic (exact) mass is 378 g/mol.